The lowest BCUT2D eigenvalue weighted by atomic mass is 9.98. The van der Waals surface area contributed by atoms with Crippen molar-refractivity contribution in [1.82, 2.24) is 25.4 Å². The summed E-state index contributed by atoms with van der Waals surface area (Å²) in [7, 11) is 1.64. The largest absolute Gasteiger partial charge is 0.497 e. The zero-order valence-corrected chi connectivity index (χ0v) is 17.4. The first kappa shape index (κ1) is 19.7. The maximum atomic E-state index is 12.2. The highest BCUT2D eigenvalue weighted by Crippen LogP contribution is 2.36. The first-order valence-electron chi connectivity index (χ1n) is 10.3. The fourth-order valence-electron chi connectivity index (χ4n) is 3.93. The van der Waals surface area contributed by atoms with Gasteiger partial charge in [0.2, 0.25) is 5.91 Å². The highest BCUT2D eigenvalue weighted by atomic mass is 16.5. The van der Waals surface area contributed by atoms with E-state index in [-0.39, 0.29) is 11.9 Å². The van der Waals surface area contributed by atoms with Gasteiger partial charge in [0.15, 0.2) is 0 Å². The lowest BCUT2D eigenvalue weighted by molar-refractivity contribution is -0.119. The molecule has 5 rings (SSSR count). The van der Waals surface area contributed by atoms with Crippen LogP contribution in [0.4, 0.5) is 0 Å². The second-order valence-electron chi connectivity index (χ2n) is 7.43. The topological polar surface area (TPSA) is 80.2 Å². The number of nitrogens with zero attached hydrogens (tertiary/aromatic N) is 4. The number of hydrogen-bond acceptors (Lipinski definition) is 6. The summed E-state index contributed by atoms with van der Waals surface area (Å²) in [5, 5.41) is 12.3. The van der Waals surface area contributed by atoms with Crippen molar-refractivity contribution in [2.45, 2.75) is 12.2 Å². The third kappa shape index (κ3) is 3.76. The smallest absolute Gasteiger partial charge is 0.247 e. The molecule has 0 aliphatic carbocycles. The van der Waals surface area contributed by atoms with Crippen LogP contribution in [0.5, 0.6) is 5.75 Å². The molecule has 0 bridgehead atoms. The number of hydrogen-bond donors (Lipinski definition) is 1. The van der Waals surface area contributed by atoms with Gasteiger partial charge in [0, 0.05) is 23.9 Å². The van der Waals surface area contributed by atoms with Crippen LogP contribution in [-0.4, -0.2) is 33.1 Å². The van der Waals surface area contributed by atoms with Crippen molar-refractivity contribution in [3.05, 3.63) is 108 Å². The highest BCUT2D eigenvalue weighted by Gasteiger charge is 2.33. The van der Waals surface area contributed by atoms with E-state index in [1.54, 1.807) is 19.5 Å². The third-order valence-electron chi connectivity index (χ3n) is 5.48. The quantitative estimate of drug-likeness (QED) is 0.526. The predicted molar refractivity (Wildman–Crippen MR) is 120 cm³/mol. The highest BCUT2D eigenvalue weighted by molar-refractivity contribution is 5.88. The summed E-state index contributed by atoms with van der Waals surface area (Å²) in [6.07, 6.45) is 4.43. The van der Waals surface area contributed by atoms with Gasteiger partial charge in [0.25, 0.3) is 0 Å². The Balaban J connectivity index is 1.66. The summed E-state index contributed by atoms with van der Waals surface area (Å²) < 4.78 is 5.34. The van der Waals surface area contributed by atoms with E-state index in [4.69, 9.17) is 9.72 Å². The Bertz CT molecular complexity index is 1270. The van der Waals surface area contributed by atoms with Crippen molar-refractivity contribution in [2.24, 2.45) is 0 Å². The van der Waals surface area contributed by atoms with E-state index in [2.05, 4.69) is 21.6 Å². The number of methoxy groups -OCH3 is 1. The molecule has 32 heavy (non-hydrogen) atoms. The Labute approximate surface area is 185 Å². The molecule has 2 atom stereocenters. The van der Waals surface area contributed by atoms with Gasteiger partial charge in [-0.15, -0.1) is 0 Å². The van der Waals surface area contributed by atoms with Crippen LogP contribution in [0.15, 0.2) is 91.3 Å². The standard InChI is InChI=1S/C25H21N5O2/c1-32-19-11-8-18(9-12-19)24(21-13-10-17-5-2-3-6-20(17)27-21)30-16-14-23(31)28-25(30)22-7-4-15-26-29-22/h2-16,24-25H,1H3,(H,28,31). The molecule has 1 aliphatic rings. The van der Waals surface area contributed by atoms with Crippen LogP contribution in [-0.2, 0) is 4.79 Å². The van der Waals surface area contributed by atoms with Gasteiger partial charge in [0.1, 0.15) is 17.6 Å². The number of amides is 1. The molecule has 0 radical (unpaired) electrons. The number of para-hydroxylation sites is 1. The molecule has 0 saturated carbocycles. The second-order valence-corrected chi connectivity index (χ2v) is 7.43. The molecule has 158 valence electrons. The van der Waals surface area contributed by atoms with Gasteiger partial charge >= 0.3 is 0 Å². The Morgan fingerprint density at radius 3 is 2.62 bits per heavy atom. The molecular formula is C25H21N5O2. The summed E-state index contributed by atoms with van der Waals surface area (Å²) in [6, 6.07) is 23.3. The van der Waals surface area contributed by atoms with Gasteiger partial charge in [-0.3, -0.25) is 9.78 Å². The molecular weight excluding hydrogens is 402 g/mol. The Kier molecular flexibility index (Phi) is 5.21. The molecule has 1 aliphatic heterocycles. The SMILES string of the molecule is COc1ccc(C(c2ccc3ccccc3n2)N2C=CC(=O)NC2c2cccnn2)cc1. The van der Waals surface area contributed by atoms with Crippen molar-refractivity contribution in [3.8, 4) is 5.75 Å². The molecule has 1 amide bonds. The fourth-order valence-corrected chi connectivity index (χ4v) is 3.93. The predicted octanol–water partition coefficient (Wildman–Crippen LogP) is 3.77. The van der Waals surface area contributed by atoms with Crippen LogP contribution >= 0.6 is 0 Å². The number of benzene rings is 2. The Hall–Kier alpha value is -4.26. The van der Waals surface area contributed by atoms with Gasteiger partial charge in [-0.05, 0) is 42.0 Å². The molecule has 7 heteroatoms. The maximum Gasteiger partial charge on any atom is 0.247 e. The maximum absolute atomic E-state index is 12.2. The Morgan fingerprint density at radius 1 is 1.00 bits per heavy atom. The summed E-state index contributed by atoms with van der Waals surface area (Å²) in [5.41, 5.74) is 3.40. The van der Waals surface area contributed by atoms with E-state index < -0.39 is 6.17 Å². The van der Waals surface area contributed by atoms with Crippen molar-refractivity contribution < 1.29 is 9.53 Å². The number of ether oxygens (including phenoxy) is 1. The van der Waals surface area contributed by atoms with Crippen LogP contribution in [0.3, 0.4) is 0 Å². The van der Waals surface area contributed by atoms with Crippen molar-refractivity contribution >= 4 is 16.8 Å². The lowest BCUT2D eigenvalue weighted by Crippen LogP contribution is -2.44. The number of carbonyl (C=O) groups is 1. The number of pyridine rings is 1. The summed E-state index contributed by atoms with van der Waals surface area (Å²) >= 11 is 0. The zero-order chi connectivity index (χ0) is 21.9. The molecule has 4 aromatic rings. The normalized spacial score (nSPS) is 16.6. The van der Waals surface area contributed by atoms with Crippen molar-refractivity contribution in [2.75, 3.05) is 7.11 Å². The first-order valence-corrected chi connectivity index (χ1v) is 10.3. The molecule has 2 aromatic heterocycles. The summed E-state index contributed by atoms with van der Waals surface area (Å²) in [5.74, 6) is 0.587. The minimum absolute atomic E-state index is 0.183. The van der Waals surface area contributed by atoms with E-state index in [1.807, 2.05) is 71.6 Å². The molecule has 3 heterocycles. The van der Waals surface area contributed by atoms with E-state index >= 15 is 0 Å². The van der Waals surface area contributed by atoms with E-state index in [9.17, 15) is 4.79 Å². The molecule has 2 aromatic carbocycles. The van der Waals surface area contributed by atoms with E-state index in [1.165, 1.54) is 6.08 Å². The summed E-state index contributed by atoms with van der Waals surface area (Å²) in [6.45, 7) is 0. The minimum Gasteiger partial charge on any atom is -0.497 e. The number of nitrogens with one attached hydrogen (secondary N) is 1. The van der Waals surface area contributed by atoms with Crippen LogP contribution in [0, 0.1) is 0 Å². The molecule has 1 N–H and O–H groups in total. The van der Waals surface area contributed by atoms with Crippen LogP contribution in [0.25, 0.3) is 10.9 Å². The average molecular weight is 423 g/mol. The monoisotopic (exact) mass is 423 g/mol. The van der Waals surface area contributed by atoms with Crippen molar-refractivity contribution in [1.29, 1.82) is 0 Å². The minimum atomic E-state index is -0.499. The van der Waals surface area contributed by atoms with Gasteiger partial charge in [-0.25, -0.2) is 0 Å². The fraction of sp³-hybridized carbons (Fsp3) is 0.120. The Morgan fingerprint density at radius 2 is 1.84 bits per heavy atom. The third-order valence-corrected chi connectivity index (χ3v) is 5.48. The number of aromatic nitrogens is 3. The molecule has 0 saturated heterocycles. The lowest BCUT2D eigenvalue weighted by Gasteiger charge is -2.39. The molecule has 2 unspecified atom stereocenters. The average Bonchev–Trinajstić information content (AvgIpc) is 2.86. The zero-order valence-electron chi connectivity index (χ0n) is 17.4. The first-order chi connectivity index (χ1) is 15.7. The molecule has 0 fully saturated rings. The van der Waals surface area contributed by atoms with Gasteiger partial charge < -0.3 is 15.0 Å². The van der Waals surface area contributed by atoms with Gasteiger partial charge in [-0.2, -0.15) is 10.2 Å². The van der Waals surface area contributed by atoms with Gasteiger partial charge in [0.05, 0.1) is 24.4 Å². The molecule has 0 spiro atoms. The molecule has 7 nitrogen and oxygen atoms in total. The number of fused-ring (bicyclic) bond motifs is 1. The number of rotatable bonds is 5. The number of carbonyl (C=O) groups excluding carboxylic acids is 1. The van der Waals surface area contributed by atoms with Gasteiger partial charge in [-0.1, -0.05) is 36.4 Å². The van der Waals surface area contributed by atoms with Crippen LogP contribution in [0.1, 0.15) is 29.2 Å². The van der Waals surface area contributed by atoms with E-state index in [0.717, 1.165) is 27.9 Å². The second kappa shape index (κ2) is 8.47. The van der Waals surface area contributed by atoms with Crippen LogP contribution in [0.2, 0.25) is 0 Å². The van der Waals surface area contributed by atoms with E-state index in [0.29, 0.717) is 5.69 Å². The summed E-state index contributed by atoms with van der Waals surface area (Å²) in [4.78, 5) is 19.2. The van der Waals surface area contributed by atoms with Crippen molar-refractivity contribution in [3.63, 3.8) is 0 Å². The van der Waals surface area contributed by atoms with Crippen LogP contribution < -0.4 is 10.1 Å².